The quantitative estimate of drug-likeness (QED) is 0.748. The summed E-state index contributed by atoms with van der Waals surface area (Å²) in [5, 5.41) is 18.6. The van der Waals surface area contributed by atoms with Gasteiger partial charge in [0, 0.05) is 12.5 Å². The third-order valence-corrected chi connectivity index (χ3v) is 2.92. The zero-order valence-electron chi connectivity index (χ0n) is 9.98. The summed E-state index contributed by atoms with van der Waals surface area (Å²) in [5.41, 5.74) is 2.38. The topological polar surface area (TPSA) is 40.5 Å². The van der Waals surface area contributed by atoms with Gasteiger partial charge in [-0.3, -0.25) is 0 Å². The summed E-state index contributed by atoms with van der Waals surface area (Å²) < 4.78 is 0. The summed E-state index contributed by atoms with van der Waals surface area (Å²) in [4.78, 5) is 0. The molecule has 1 aromatic rings. The van der Waals surface area contributed by atoms with Crippen molar-refractivity contribution in [2.45, 2.75) is 32.6 Å². The van der Waals surface area contributed by atoms with E-state index in [1.54, 1.807) is 12.1 Å². The molecule has 16 heavy (non-hydrogen) atoms. The molecule has 0 aromatic heterocycles. The van der Waals surface area contributed by atoms with Crippen LogP contribution in [0, 0.1) is 0 Å². The van der Waals surface area contributed by atoms with Crippen molar-refractivity contribution < 1.29 is 10.2 Å². The Kier molecular flexibility index (Phi) is 5.06. The number of benzene rings is 1. The Hall–Kier alpha value is -1.28. The first-order valence-electron chi connectivity index (χ1n) is 5.77. The number of hydrogen-bond acceptors (Lipinski definition) is 2. The molecule has 0 amide bonds. The maximum atomic E-state index is 9.48. The van der Waals surface area contributed by atoms with E-state index in [9.17, 15) is 5.11 Å². The minimum Gasteiger partial charge on any atom is -0.508 e. The van der Waals surface area contributed by atoms with Crippen LogP contribution in [0.1, 0.15) is 38.2 Å². The van der Waals surface area contributed by atoms with Gasteiger partial charge in [0.2, 0.25) is 0 Å². The molecule has 0 radical (unpaired) electrons. The van der Waals surface area contributed by atoms with Crippen molar-refractivity contribution in [2.75, 3.05) is 6.61 Å². The highest BCUT2D eigenvalue weighted by atomic mass is 16.3. The van der Waals surface area contributed by atoms with Gasteiger partial charge < -0.3 is 10.2 Å². The molecule has 0 saturated carbocycles. The van der Waals surface area contributed by atoms with Crippen LogP contribution in [0.4, 0.5) is 0 Å². The summed E-state index contributed by atoms with van der Waals surface area (Å²) in [6.07, 6.45) is 3.78. The molecule has 0 fully saturated rings. The van der Waals surface area contributed by atoms with Gasteiger partial charge in [0.15, 0.2) is 0 Å². The molecule has 1 unspecified atom stereocenters. The van der Waals surface area contributed by atoms with E-state index < -0.39 is 0 Å². The largest absolute Gasteiger partial charge is 0.508 e. The van der Waals surface area contributed by atoms with E-state index >= 15 is 0 Å². The molecular formula is C14H20O2. The number of allylic oxidation sites excluding steroid dienone is 2. The van der Waals surface area contributed by atoms with Gasteiger partial charge in [0.1, 0.15) is 5.75 Å². The van der Waals surface area contributed by atoms with Crippen molar-refractivity contribution in [3.63, 3.8) is 0 Å². The molecule has 0 aliphatic rings. The zero-order valence-corrected chi connectivity index (χ0v) is 9.98. The van der Waals surface area contributed by atoms with Crippen LogP contribution >= 0.6 is 0 Å². The fraction of sp³-hybridized carbons (Fsp3) is 0.429. The second-order valence-electron chi connectivity index (χ2n) is 3.88. The lowest BCUT2D eigenvalue weighted by Crippen LogP contribution is -2.04. The summed E-state index contributed by atoms with van der Waals surface area (Å²) in [6, 6.07) is 7.29. The predicted octanol–water partition coefficient (Wildman–Crippen LogP) is 3.21. The van der Waals surface area contributed by atoms with Crippen LogP contribution in [0.3, 0.4) is 0 Å². The molecule has 0 heterocycles. The molecule has 0 aliphatic heterocycles. The van der Waals surface area contributed by atoms with Crippen LogP contribution in [0.15, 0.2) is 35.9 Å². The summed E-state index contributed by atoms with van der Waals surface area (Å²) in [6.45, 7) is 4.30. The van der Waals surface area contributed by atoms with E-state index in [0.717, 1.165) is 12.0 Å². The molecule has 0 saturated heterocycles. The number of phenols is 1. The second-order valence-corrected chi connectivity index (χ2v) is 3.88. The fourth-order valence-electron chi connectivity index (χ4n) is 2.09. The van der Waals surface area contributed by atoms with Gasteiger partial charge in [-0.1, -0.05) is 30.7 Å². The minimum absolute atomic E-state index is 0.164. The molecule has 0 bridgehead atoms. The average Bonchev–Trinajstić information content (AvgIpc) is 2.29. The molecule has 1 atom stereocenters. The van der Waals surface area contributed by atoms with E-state index in [1.165, 1.54) is 5.57 Å². The molecule has 0 aliphatic carbocycles. The van der Waals surface area contributed by atoms with Crippen LogP contribution in [-0.4, -0.2) is 16.8 Å². The van der Waals surface area contributed by atoms with E-state index in [0.29, 0.717) is 6.42 Å². The number of aromatic hydroxyl groups is 1. The third-order valence-electron chi connectivity index (χ3n) is 2.92. The molecule has 88 valence electrons. The maximum Gasteiger partial charge on any atom is 0.115 e. The highest BCUT2D eigenvalue weighted by molar-refractivity contribution is 5.34. The number of hydrogen-bond donors (Lipinski definition) is 2. The lowest BCUT2D eigenvalue weighted by Gasteiger charge is -2.19. The third kappa shape index (κ3) is 3.11. The van der Waals surface area contributed by atoms with Gasteiger partial charge in [0.05, 0.1) is 0 Å². The van der Waals surface area contributed by atoms with E-state index in [-0.39, 0.29) is 18.3 Å². The number of aliphatic hydroxyl groups is 1. The number of aliphatic hydroxyl groups excluding tert-OH is 1. The Morgan fingerprint density at radius 3 is 2.69 bits per heavy atom. The first-order chi connectivity index (χ1) is 7.72. The Bertz CT molecular complexity index is 356. The summed E-state index contributed by atoms with van der Waals surface area (Å²) in [7, 11) is 0. The molecule has 2 heteroatoms. The molecule has 0 spiro atoms. The summed E-state index contributed by atoms with van der Waals surface area (Å²) in [5.74, 6) is 0.499. The van der Waals surface area contributed by atoms with Crippen molar-refractivity contribution in [2.24, 2.45) is 0 Å². The van der Waals surface area contributed by atoms with Gasteiger partial charge in [0.25, 0.3) is 0 Å². The normalized spacial score (nSPS) is 13.8. The van der Waals surface area contributed by atoms with Crippen LogP contribution in [0.2, 0.25) is 0 Å². The molecule has 2 N–H and O–H groups in total. The zero-order chi connectivity index (χ0) is 12.0. The van der Waals surface area contributed by atoms with Gasteiger partial charge in [-0.15, -0.1) is 0 Å². The summed E-state index contributed by atoms with van der Waals surface area (Å²) >= 11 is 0. The smallest absolute Gasteiger partial charge is 0.115 e. The van der Waals surface area contributed by atoms with Crippen molar-refractivity contribution >= 4 is 0 Å². The van der Waals surface area contributed by atoms with E-state index in [4.69, 9.17) is 5.11 Å². The van der Waals surface area contributed by atoms with Gasteiger partial charge in [-0.05, 0) is 37.5 Å². The number of phenolic OH excluding ortho intramolecular Hbond substituents is 1. The van der Waals surface area contributed by atoms with Gasteiger partial charge in [-0.2, -0.15) is 0 Å². The van der Waals surface area contributed by atoms with Crippen molar-refractivity contribution in [3.8, 4) is 5.75 Å². The highest BCUT2D eigenvalue weighted by Gasteiger charge is 2.14. The van der Waals surface area contributed by atoms with Crippen molar-refractivity contribution in [3.05, 3.63) is 41.5 Å². The number of rotatable bonds is 5. The first kappa shape index (κ1) is 12.8. The Labute approximate surface area is 97.2 Å². The molecule has 1 rings (SSSR count). The van der Waals surface area contributed by atoms with Gasteiger partial charge >= 0.3 is 0 Å². The van der Waals surface area contributed by atoms with Crippen molar-refractivity contribution in [1.29, 1.82) is 0 Å². The Balaban J connectivity index is 3.02. The molecule has 2 nitrogen and oxygen atoms in total. The Morgan fingerprint density at radius 2 is 2.19 bits per heavy atom. The molecular weight excluding hydrogens is 200 g/mol. The van der Waals surface area contributed by atoms with Gasteiger partial charge in [-0.25, -0.2) is 0 Å². The predicted molar refractivity (Wildman–Crippen MR) is 66.6 cm³/mol. The minimum atomic E-state index is 0.164. The van der Waals surface area contributed by atoms with E-state index in [1.807, 2.05) is 19.1 Å². The van der Waals surface area contributed by atoms with Crippen LogP contribution in [0.5, 0.6) is 5.75 Å². The maximum absolute atomic E-state index is 9.48. The SMILES string of the molecule is C/C=C(\CC)C(CCO)c1cccc(O)c1. The monoisotopic (exact) mass is 220 g/mol. The standard InChI is InChI=1S/C14H20O2/c1-3-11(4-2)14(8-9-15)12-6-5-7-13(16)10-12/h3,5-7,10,14-16H,4,8-9H2,1-2H3/b11-3+. The van der Waals surface area contributed by atoms with Crippen LogP contribution in [0.25, 0.3) is 0 Å². The molecule has 1 aromatic carbocycles. The first-order valence-corrected chi connectivity index (χ1v) is 5.77. The lowest BCUT2D eigenvalue weighted by atomic mass is 9.87. The lowest BCUT2D eigenvalue weighted by molar-refractivity contribution is 0.280. The van der Waals surface area contributed by atoms with Crippen LogP contribution in [-0.2, 0) is 0 Å². The Morgan fingerprint density at radius 1 is 1.44 bits per heavy atom. The highest BCUT2D eigenvalue weighted by Crippen LogP contribution is 2.31. The van der Waals surface area contributed by atoms with Crippen LogP contribution < -0.4 is 0 Å². The van der Waals surface area contributed by atoms with Crippen molar-refractivity contribution in [1.82, 2.24) is 0 Å². The fourth-order valence-corrected chi connectivity index (χ4v) is 2.09. The van der Waals surface area contributed by atoms with E-state index in [2.05, 4.69) is 13.0 Å². The second kappa shape index (κ2) is 6.33. The average molecular weight is 220 g/mol.